The van der Waals surface area contributed by atoms with Gasteiger partial charge in [0.15, 0.2) is 0 Å². The van der Waals surface area contributed by atoms with Gasteiger partial charge in [-0.25, -0.2) is 4.79 Å². The molecule has 0 amide bonds. The molecule has 14 heavy (non-hydrogen) atoms. The Morgan fingerprint density at radius 3 is 2.93 bits per heavy atom. The molecule has 0 atom stereocenters. The normalized spacial score (nSPS) is 10.1. The number of rotatable bonds is 3. The van der Waals surface area contributed by atoms with E-state index in [2.05, 4.69) is 9.72 Å². The Balaban J connectivity index is 2.85. The third kappa shape index (κ3) is 2.58. The number of carbonyl (C=O) groups is 1. The van der Waals surface area contributed by atoms with Crippen molar-refractivity contribution in [3.05, 3.63) is 30.1 Å². The summed E-state index contributed by atoms with van der Waals surface area (Å²) in [6.45, 7) is 0. The van der Waals surface area contributed by atoms with Crippen molar-refractivity contribution in [1.29, 1.82) is 0 Å². The quantitative estimate of drug-likeness (QED) is 0.536. The molecule has 0 N–H and O–H groups in total. The predicted octanol–water partition coefficient (Wildman–Crippen LogP) is 1.28. The van der Waals surface area contributed by atoms with E-state index >= 15 is 0 Å². The van der Waals surface area contributed by atoms with Crippen LogP contribution in [0.25, 0.3) is 6.08 Å². The SMILES string of the molecule is COC(=O)C=Cc1cnccc1OC. The van der Waals surface area contributed by atoms with Crippen molar-refractivity contribution in [1.82, 2.24) is 4.98 Å². The van der Waals surface area contributed by atoms with Crippen LogP contribution in [0.4, 0.5) is 0 Å². The van der Waals surface area contributed by atoms with E-state index in [9.17, 15) is 4.79 Å². The van der Waals surface area contributed by atoms with E-state index < -0.39 is 5.97 Å². The Labute approximate surface area is 82.2 Å². The lowest BCUT2D eigenvalue weighted by molar-refractivity contribution is -0.134. The number of hydrogen-bond acceptors (Lipinski definition) is 4. The highest BCUT2D eigenvalue weighted by Gasteiger charge is 1.98. The molecule has 0 aromatic carbocycles. The molecule has 4 heteroatoms. The van der Waals surface area contributed by atoms with E-state index in [1.165, 1.54) is 13.2 Å². The first-order chi connectivity index (χ1) is 6.77. The largest absolute Gasteiger partial charge is 0.496 e. The molecule has 0 saturated carbocycles. The van der Waals surface area contributed by atoms with E-state index in [0.717, 1.165) is 5.56 Å². The highest BCUT2D eigenvalue weighted by molar-refractivity contribution is 5.87. The summed E-state index contributed by atoms with van der Waals surface area (Å²) in [7, 11) is 2.89. The molecule has 0 aliphatic heterocycles. The zero-order valence-corrected chi connectivity index (χ0v) is 8.06. The van der Waals surface area contributed by atoms with Gasteiger partial charge in [0, 0.05) is 24.0 Å². The summed E-state index contributed by atoms with van der Waals surface area (Å²) in [5, 5.41) is 0. The molecule has 1 rings (SSSR count). The van der Waals surface area contributed by atoms with Crippen LogP contribution >= 0.6 is 0 Å². The van der Waals surface area contributed by atoms with E-state index in [1.807, 2.05) is 0 Å². The molecule has 0 aliphatic carbocycles. The molecule has 74 valence electrons. The van der Waals surface area contributed by atoms with Gasteiger partial charge >= 0.3 is 5.97 Å². The minimum atomic E-state index is -0.407. The number of hydrogen-bond donors (Lipinski definition) is 0. The maximum atomic E-state index is 10.8. The molecule has 0 fully saturated rings. The summed E-state index contributed by atoms with van der Waals surface area (Å²) in [5.74, 6) is 0.260. The maximum absolute atomic E-state index is 10.8. The monoisotopic (exact) mass is 193 g/mol. The number of aromatic nitrogens is 1. The lowest BCUT2D eigenvalue weighted by Crippen LogP contribution is -1.94. The van der Waals surface area contributed by atoms with Crippen molar-refractivity contribution in [2.45, 2.75) is 0 Å². The van der Waals surface area contributed by atoms with Gasteiger partial charge < -0.3 is 9.47 Å². The first kappa shape index (κ1) is 10.2. The summed E-state index contributed by atoms with van der Waals surface area (Å²) < 4.78 is 9.53. The first-order valence-corrected chi connectivity index (χ1v) is 4.02. The smallest absolute Gasteiger partial charge is 0.330 e. The van der Waals surface area contributed by atoms with Crippen LogP contribution in [0.3, 0.4) is 0 Å². The van der Waals surface area contributed by atoms with Crippen molar-refractivity contribution in [2.24, 2.45) is 0 Å². The highest BCUT2D eigenvalue weighted by atomic mass is 16.5. The minimum absolute atomic E-state index is 0.407. The molecule has 0 spiro atoms. The summed E-state index contributed by atoms with van der Waals surface area (Å²) in [5.41, 5.74) is 0.736. The molecular weight excluding hydrogens is 182 g/mol. The summed E-state index contributed by atoms with van der Waals surface area (Å²) in [4.78, 5) is 14.7. The van der Waals surface area contributed by atoms with Gasteiger partial charge in [-0.05, 0) is 12.1 Å². The van der Waals surface area contributed by atoms with Crippen molar-refractivity contribution in [3.63, 3.8) is 0 Å². The van der Waals surface area contributed by atoms with Crippen LogP contribution in [0.1, 0.15) is 5.56 Å². The first-order valence-electron chi connectivity index (χ1n) is 4.02. The fourth-order valence-electron chi connectivity index (χ4n) is 0.931. The van der Waals surface area contributed by atoms with Gasteiger partial charge in [0.2, 0.25) is 0 Å². The van der Waals surface area contributed by atoms with Crippen LogP contribution in [0.5, 0.6) is 5.75 Å². The highest BCUT2D eigenvalue weighted by Crippen LogP contribution is 2.16. The molecule has 1 aromatic rings. The lowest BCUT2D eigenvalue weighted by Gasteiger charge is -2.02. The minimum Gasteiger partial charge on any atom is -0.496 e. The Morgan fingerprint density at radius 2 is 2.29 bits per heavy atom. The van der Waals surface area contributed by atoms with Gasteiger partial charge in [0.25, 0.3) is 0 Å². The molecule has 1 aromatic heterocycles. The zero-order valence-electron chi connectivity index (χ0n) is 8.06. The van der Waals surface area contributed by atoms with Gasteiger partial charge in [-0.3, -0.25) is 4.98 Å². The molecule has 0 radical (unpaired) electrons. The van der Waals surface area contributed by atoms with Crippen molar-refractivity contribution in [3.8, 4) is 5.75 Å². The van der Waals surface area contributed by atoms with Crippen LogP contribution in [0.2, 0.25) is 0 Å². The fraction of sp³-hybridized carbons (Fsp3) is 0.200. The molecule has 4 nitrogen and oxygen atoms in total. The van der Waals surface area contributed by atoms with E-state index in [-0.39, 0.29) is 0 Å². The number of pyridine rings is 1. The van der Waals surface area contributed by atoms with Crippen LogP contribution in [-0.2, 0) is 9.53 Å². The molecule has 0 bridgehead atoms. The number of carbonyl (C=O) groups excluding carboxylic acids is 1. The number of methoxy groups -OCH3 is 2. The van der Waals surface area contributed by atoms with Crippen LogP contribution in [0, 0.1) is 0 Å². The Hall–Kier alpha value is -1.84. The van der Waals surface area contributed by atoms with Crippen molar-refractivity contribution < 1.29 is 14.3 Å². The fourth-order valence-corrected chi connectivity index (χ4v) is 0.931. The molecular formula is C10H11NO3. The van der Waals surface area contributed by atoms with Crippen LogP contribution in [-0.4, -0.2) is 25.2 Å². The average molecular weight is 193 g/mol. The number of nitrogens with zero attached hydrogens (tertiary/aromatic N) is 1. The maximum Gasteiger partial charge on any atom is 0.330 e. The second kappa shape index (κ2) is 5.01. The van der Waals surface area contributed by atoms with Gasteiger partial charge in [-0.15, -0.1) is 0 Å². The summed E-state index contributed by atoms with van der Waals surface area (Å²) >= 11 is 0. The Morgan fingerprint density at radius 1 is 1.50 bits per heavy atom. The third-order valence-corrected chi connectivity index (χ3v) is 1.63. The molecule has 1 heterocycles. The summed E-state index contributed by atoms with van der Waals surface area (Å²) in [6.07, 6.45) is 6.14. The van der Waals surface area contributed by atoms with Gasteiger partial charge in [-0.1, -0.05) is 0 Å². The number of esters is 1. The van der Waals surface area contributed by atoms with Crippen molar-refractivity contribution in [2.75, 3.05) is 14.2 Å². The van der Waals surface area contributed by atoms with Crippen LogP contribution < -0.4 is 4.74 Å². The molecule has 0 unspecified atom stereocenters. The standard InChI is InChI=1S/C10H11NO3/c1-13-9-5-6-11-7-8(9)3-4-10(12)14-2/h3-7H,1-2H3. The van der Waals surface area contributed by atoms with Crippen molar-refractivity contribution >= 4 is 12.0 Å². The number of ether oxygens (including phenoxy) is 2. The van der Waals surface area contributed by atoms with Gasteiger partial charge in [-0.2, -0.15) is 0 Å². The van der Waals surface area contributed by atoms with Gasteiger partial charge in [0.1, 0.15) is 5.75 Å². The zero-order chi connectivity index (χ0) is 10.4. The lowest BCUT2D eigenvalue weighted by atomic mass is 10.2. The molecule has 0 saturated heterocycles. The second-order valence-electron chi connectivity index (χ2n) is 2.47. The van der Waals surface area contributed by atoms with E-state index in [4.69, 9.17) is 4.74 Å². The van der Waals surface area contributed by atoms with E-state index in [0.29, 0.717) is 5.75 Å². The molecule has 0 aliphatic rings. The topological polar surface area (TPSA) is 48.4 Å². The van der Waals surface area contributed by atoms with Gasteiger partial charge in [0.05, 0.1) is 14.2 Å². The van der Waals surface area contributed by atoms with E-state index in [1.54, 1.807) is 31.6 Å². The van der Waals surface area contributed by atoms with Crippen LogP contribution in [0.15, 0.2) is 24.5 Å². The Kier molecular flexibility index (Phi) is 3.67. The second-order valence-corrected chi connectivity index (χ2v) is 2.47. The third-order valence-electron chi connectivity index (χ3n) is 1.63. The predicted molar refractivity (Wildman–Crippen MR) is 51.8 cm³/mol. The average Bonchev–Trinajstić information content (AvgIpc) is 2.26. The summed E-state index contributed by atoms with van der Waals surface area (Å²) in [6, 6.07) is 1.72. The Bertz CT molecular complexity index is 347.